The number of nitrogens with one attached hydrogen (secondary N) is 1. The van der Waals surface area contributed by atoms with Crippen LogP contribution in [0.25, 0.3) is 0 Å². The minimum absolute atomic E-state index is 0.137. The van der Waals surface area contributed by atoms with E-state index in [-0.39, 0.29) is 29.1 Å². The lowest BCUT2D eigenvalue weighted by atomic mass is 10.00. The number of carbonyl (C=O) groups excluding carboxylic acids is 1. The molecule has 4 rings (SSSR count). The summed E-state index contributed by atoms with van der Waals surface area (Å²) < 4.78 is 38.6. The molecule has 1 saturated heterocycles. The molecule has 30 heavy (non-hydrogen) atoms. The molecular weight excluding hydrogens is 404 g/mol. The minimum atomic E-state index is -3.63. The van der Waals surface area contributed by atoms with Gasteiger partial charge in [-0.2, -0.15) is 4.31 Å². The Morgan fingerprint density at radius 2 is 1.70 bits per heavy atom. The summed E-state index contributed by atoms with van der Waals surface area (Å²) in [6.07, 6.45) is 0.370. The molecule has 0 saturated carbocycles. The highest BCUT2D eigenvalue weighted by molar-refractivity contribution is 7.89. The molecule has 0 aromatic heterocycles. The third kappa shape index (κ3) is 4.21. The Kier molecular flexibility index (Phi) is 5.81. The first-order chi connectivity index (χ1) is 14.3. The Morgan fingerprint density at radius 3 is 2.40 bits per heavy atom. The Balaban J connectivity index is 1.48. The number of carbonyl (C=O) groups is 1. The molecule has 2 aliphatic heterocycles. The number of para-hydroxylation sites is 1. The van der Waals surface area contributed by atoms with Crippen LogP contribution in [-0.4, -0.2) is 50.5 Å². The molecule has 0 spiro atoms. The molecule has 1 amide bonds. The predicted octanol–water partition coefficient (Wildman–Crippen LogP) is 2.74. The van der Waals surface area contributed by atoms with E-state index in [0.29, 0.717) is 31.7 Å². The molecule has 2 heterocycles. The van der Waals surface area contributed by atoms with Gasteiger partial charge in [0.2, 0.25) is 10.0 Å². The number of nitrogens with zero attached hydrogens (tertiary/aromatic N) is 1. The lowest BCUT2D eigenvalue weighted by molar-refractivity contribution is -0.0440. The molecule has 2 aliphatic rings. The van der Waals surface area contributed by atoms with Crippen molar-refractivity contribution in [2.24, 2.45) is 0 Å². The molecule has 3 atom stereocenters. The summed E-state index contributed by atoms with van der Waals surface area (Å²) in [5.74, 6) is 0.540. The van der Waals surface area contributed by atoms with Crippen LogP contribution in [0.4, 0.5) is 0 Å². The van der Waals surface area contributed by atoms with Gasteiger partial charge < -0.3 is 14.8 Å². The first-order valence-corrected chi connectivity index (χ1v) is 11.6. The van der Waals surface area contributed by atoms with Crippen molar-refractivity contribution in [3.63, 3.8) is 0 Å². The Morgan fingerprint density at radius 1 is 1.03 bits per heavy atom. The van der Waals surface area contributed by atoms with Gasteiger partial charge in [0, 0.05) is 30.6 Å². The minimum Gasteiger partial charge on any atom is -0.493 e. The van der Waals surface area contributed by atoms with Crippen molar-refractivity contribution in [1.29, 1.82) is 0 Å². The van der Waals surface area contributed by atoms with Gasteiger partial charge in [0.1, 0.15) is 5.75 Å². The molecule has 0 radical (unpaired) electrons. The van der Waals surface area contributed by atoms with Crippen LogP contribution in [0.15, 0.2) is 53.4 Å². The summed E-state index contributed by atoms with van der Waals surface area (Å²) in [5.41, 5.74) is 1.37. The largest absolute Gasteiger partial charge is 0.493 e. The standard InChI is InChI=1S/C22H26N2O5S/c1-15-13-24(14-16(2)29-15)30(26,27)18-9-7-17(8-10-18)22(25)23-20-11-12-28-21-6-4-3-5-19(20)21/h3-10,15-16,20H,11-14H2,1-2H3,(H,23,25)/t15-,16-,20+/m1/s1. The molecule has 2 aromatic carbocycles. The zero-order chi connectivity index (χ0) is 21.3. The highest BCUT2D eigenvalue weighted by Crippen LogP contribution is 2.31. The van der Waals surface area contributed by atoms with Crippen molar-refractivity contribution in [3.8, 4) is 5.75 Å². The van der Waals surface area contributed by atoms with E-state index >= 15 is 0 Å². The van der Waals surface area contributed by atoms with Crippen LogP contribution in [0, 0.1) is 0 Å². The van der Waals surface area contributed by atoms with Gasteiger partial charge in [0.05, 0.1) is 29.8 Å². The summed E-state index contributed by atoms with van der Waals surface area (Å²) in [6, 6.07) is 13.6. The van der Waals surface area contributed by atoms with Gasteiger partial charge in [-0.1, -0.05) is 18.2 Å². The zero-order valence-corrected chi connectivity index (χ0v) is 17.9. The van der Waals surface area contributed by atoms with Crippen LogP contribution in [0.1, 0.15) is 42.2 Å². The van der Waals surface area contributed by atoms with Gasteiger partial charge in [-0.05, 0) is 44.2 Å². The number of morpholine rings is 1. The quantitative estimate of drug-likeness (QED) is 0.806. The SMILES string of the molecule is C[C@@H]1CN(S(=O)(=O)c2ccc(C(=O)N[C@H]3CCOc4ccccc43)cc2)C[C@@H](C)O1. The van der Waals surface area contributed by atoms with Crippen molar-refractivity contribution in [2.75, 3.05) is 19.7 Å². The van der Waals surface area contributed by atoms with Crippen LogP contribution in [0.3, 0.4) is 0 Å². The van der Waals surface area contributed by atoms with Gasteiger partial charge in [0.25, 0.3) is 5.91 Å². The maximum absolute atomic E-state index is 13.0. The maximum Gasteiger partial charge on any atom is 0.251 e. The number of amides is 1. The number of benzene rings is 2. The average molecular weight is 431 g/mol. The van der Waals surface area contributed by atoms with E-state index in [1.165, 1.54) is 16.4 Å². The van der Waals surface area contributed by atoms with Crippen molar-refractivity contribution in [2.45, 2.75) is 43.4 Å². The van der Waals surface area contributed by atoms with E-state index in [9.17, 15) is 13.2 Å². The molecule has 0 bridgehead atoms. The first kappa shape index (κ1) is 20.8. The van der Waals surface area contributed by atoms with Crippen molar-refractivity contribution in [1.82, 2.24) is 9.62 Å². The summed E-state index contributed by atoms with van der Waals surface area (Å²) in [7, 11) is -3.63. The number of hydrogen-bond acceptors (Lipinski definition) is 5. The van der Waals surface area contributed by atoms with Gasteiger partial charge >= 0.3 is 0 Å². The van der Waals surface area contributed by atoms with E-state index in [4.69, 9.17) is 9.47 Å². The monoisotopic (exact) mass is 430 g/mol. The maximum atomic E-state index is 13.0. The number of sulfonamides is 1. The molecule has 2 aromatic rings. The lowest BCUT2D eigenvalue weighted by Gasteiger charge is -2.34. The normalized spacial score (nSPS) is 24.5. The van der Waals surface area contributed by atoms with Crippen LogP contribution in [0.2, 0.25) is 0 Å². The van der Waals surface area contributed by atoms with E-state index in [0.717, 1.165) is 11.3 Å². The number of hydrogen-bond donors (Lipinski definition) is 1. The van der Waals surface area contributed by atoms with Crippen LogP contribution in [-0.2, 0) is 14.8 Å². The zero-order valence-electron chi connectivity index (χ0n) is 17.1. The summed E-state index contributed by atoms with van der Waals surface area (Å²) >= 11 is 0. The highest BCUT2D eigenvalue weighted by Gasteiger charge is 2.32. The van der Waals surface area contributed by atoms with E-state index in [1.807, 2.05) is 38.1 Å². The number of ether oxygens (including phenoxy) is 2. The molecule has 0 aliphatic carbocycles. The Bertz CT molecular complexity index is 1010. The number of fused-ring (bicyclic) bond motifs is 1. The second-order valence-corrected chi connectivity index (χ2v) is 9.74. The fraction of sp³-hybridized carbons (Fsp3) is 0.409. The smallest absolute Gasteiger partial charge is 0.251 e. The first-order valence-electron chi connectivity index (χ1n) is 10.1. The van der Waals surface area contributed by atoms with Crippen molar-refractivity contribution >= 4 is 15.9 Å². The van der Waals surface area contributed by atoms with Crippen LogP contribution in [0.5, 0.6) is 5.75 Å². The molecule has 8 heteroatoms. The van der Waals surface area contributed by atoms with E-state index in [2.05, 4.69) is 5.32 Å². The van der Waals surface area contributed by atoms with Crippen molar-refractivity contribution in [3.05, 3.63) is 59.7 Å². The summed E-state index contributed by atoms with van der Waals surface area (Å²) in [4.78, 5) is 12.9. The van der Waals surface area contributed by atoms with Gasteiger partial charge in [-0.25, -0.2) is 8.42 Å². The fourth-order valence-electron chi connectivity index (χ4n) is 3.99. The van der Waals surface area contributed by atoms with E-state index < -0.39 is 10.0 Å². The lowest BCUT2D eigenvalue weighted by Crippen LogP contribution is -2.48. The Hall–Kier alpha value is -2.42. The van der Waals surface area contributed by atoms with E-state index in [1.54, 1.807) is 12.1 Å². The van der Waals surface area contributed by atoms with Crippen LogP contribution >= 0.6 is 0 Å². The van der Waals surface area contributed by atoms with Gasteiger partial charge in [-0.15, -0.1) is 0 Å². The molecule has 160 valence electrons. The molecule has 1 N–H and O–H groups in total. The number of rotatable bonds is 4. The molecular formula is C22H26N2O5S. The average Bonchev–Trinajstić information content (AvgIpc) is 2.73. The molecule has 0 unspecified atom stereocenters. The van der Waals surface area contributed by atoms with Crippen LogP contribution < -0.4 is 10.1 Å². The second kappa shape index (κ2) is 8.37. The second-order valence-electron chi connectivity index (χ2n) is 7.80. The van der Waals surface area contributed by atoms with Gasteiger partial charge in [-0.3, -0.25) is 4.79 Å². The third-order valence-corrected chi connectivity index (χ3v) is 7.25. The predicted molar refractivity (Wildman–Crippen MR) is 112 cm³/mol. The Labute approximate surface area is 177 Å². The van der Waals surface area contributed by atoms with Gasteiger partial charge in [0.15, 0.2) is 0 Å². The molecule has 7 nitrogen and oxygen atoms in total. The fourth-order valence-corrected chi connectivity index (χ4v) is 5.58. The van der Waals surface area contributed by atoms with Crippen molar-refractivity contribution < 1.29 is 22.7 Å². The third-order valence-electron chi connectivity index (χ3n) is 5.40. The molecule has 1 fully saturated rings. The topological polar surface area (TPSA) is 84.9 Å². The summed E-state index contributed by atoms with van der Waals surface area (Å²) in [6.45, 7) is 4.89. The summed E-state index contributed by atoms with van der Waals surface area (Å²) in [5, 5.41) is 3.03. The highest BCUT2D eigenvalue weighted by atomic mass is 32.2.